The first-order valence-corrected chi connectivity index (χ1v) is 15.3. The fourth-order valence-electron chi connectivity index (χ4n) is 7.75. The maximum Gasteiger partial charge on any atom is 0.246 e. The lowest BCUT2D eigenvalue weighted by Gasteiger charge is -2.52. The molecule has 2 aliphatic heterocycles. The van der Waals surface area contributed by atoms with Crippen LogP contribution in [0.15, 0.2) is 0 Å². The zero-order valence-corrected chi connectivity index (χ0v) is 24.8. The predicted octanol–water partition coefficient (Wildman–Crippen LogP) is 5.47. The number of carbonyl (C=O) groups excluding carboxylic acids is 2. The van der Waals surface area contributed by atoms with Crippen molar-refractivity contribution >= 4 is 24.2 Å². The third-order valence-corrected chi connectivity index (χ3v) is 10.0. The molecule has 7 nitrogen and oxygen atoms in total. The molecule has 4 aliphatic rings. The van der Waals surface area contributed by atoms with Gasteiger partial charge in [-0.2, -0.15) is 5.10 Å². The fraction of sp³-hybridized carbons (Fsp3) is 0.833. The average molecular weight is 548 g/mol. The van der Waals surface area contributed by atoms with Gasteiger partial charge in [-0.1, -0.05) is 58.3 Å². The van der Waals surface area contributed by atoms with E-state index in [0.717, 1.165) is 51.0 Å². The predicted molar refractivity (Wildman–Crippen MR) is 153 cm³/mol. The molecule has 38 heavy (non-hydrogen) atoms. The summed E-state index contributed by atoms with van der Waals surface area (Å²) in [5, 5.41) is 8.19. The zero-order chi connectivity index (χ0) is 26.0. The quantitative estimate of drug-likeness (QED) is 0.491. The molecule has 1 atom stereocenters. The molecule has 5 rings (SSSR count). The van der Waals surface area contributed by atoms with Crippen LogP contribution in [0.4, 0.5) is 0 Å². The Morgan fingerprint density at radius 1 is 0.947 bits per heavy atom. The normalized spacial score (nSPS) is 25.4. The Bertz CT molecular complexity index is 958. The maximum atomic E-state index is 13.7. The van der Waals surface area contributed by atoms with Crippen LogP contribution in [0.3, 0.4) is 0 Å². The summed E-state index contributed by atoms with van der Waals surface area (Å²) in [7, 11) is 0. The summed E-state index contributed by atoms with van der Waals surface area (Å²) in [5.41, 5.74) is 3.13. The molecule has 2 saturated heterocycles. The van der Waals surface area contributed by atoms with E-state index in [4.69, 9.17) is 5.10 Å². The Morgan fingerprint density at radius 2 is 1.58 bits per heavy atom. The van der Waals surface area contributed by atoms with E-state index < -0.39 is 5.54 Å². The molecule has 2 aliphatic carbocycles. The number of aryl methyl sites for hydroxylation is 1. The van der Waals surface area contributed by atoms with Crippen LogP contribution in [0.5, 0.6) is 0 Å². The van der Waals surface area contributed by atoms with Gasteiger partial charge in [0.2, 0.25) is 11.8 Å². The largest absolute Gasteiger partial charge is 0.342 e. The van der Waals surface area contributed by atoms with Gasteiger partial charge in [0.1, 0.15) is 11.6 Å². The Kier molecular flexibility index (Phi) is 9.83. The molecular formula is C30H50ClN5O2. The van der Waals surface area contributed by atoms with Crippen LogP contribution in [0.25, 0.3) is 0 Å². The standard InChI is InChI=1S/C30H49N5O2.ClH/c1-4-17-34-28(36)27(20-24-11-7-5-8-12-24)31-29(37)30(34)15-18-33(19-16-30)21-26-22(2)32-35(23(26)3)25-13-9-6-10-14-25;/h24-25,27H,4-21H2,1-3H3,(H,31,37);1H/t27-;/m0./s1. The van der Waals surface area contributed by atoms with E-state index in [-0.39, 0.29) is 30.3 Å². The monoisotopic (exact) mass is 547 g/mol. The molecule has 2 saturated carbocycles. The third-order valence-electron chi connectivity index (χ3n) is 10.0. The van der Waals surface area contributed by atoms with Crippen molar-refractivity contribution < 1.29 is 9.59 Å². The van der Waals surface area contributed by atoms with E-state index in [0.29, 0.717) is 18.5 Å². The molecule has 1 aromatic rings. The molecule has 4 fully saturated rings. The van der Waals surface area contributed by atoms with Gasteiger partial charge in [-0.15, -0.1) is 12.4 Å². The highest BCUT2D eigenvalue weighted by molar-refractivity contribution is 6.00. The molecule has 8 heteroatoms. The van der Waals surface area contributed by atoms with E-state index in [2.05, 4.69) is 35.7 Å². The number of nitrogens with zero attached hydrogens (tertiary/aromatic N) is 4. The Labute approximate surface area is 235 Å². The maximum absolute atomic E-state index is 13.7. The number of aromatic nitrogens is 2. The van der Waals surface area contributed by atoms with Gasteiger partial charge in [-0.05, 0) is 58.3 Å². The van der Waals surface area contributed by atoms with Gasteiger partial charge in [-0.3, -0.25) is 19.2 Å². The smallest absolute Gasteiger partial charge is 0.246 e. The van der Waals surface area contributed by atoms with Gasteiger partial charge in [0.25, 0.3) is 0 Å². The summed E-state index contributed by atoms with van der Waals surface area (Å²) in [6.07, 6.45) is 15.8. The van der Waals surface area contributed by atoms with Gasteiger partial charge in [0.05, 0.1) is 11.7 Å². The van der Waals surface area contributed by atoms with Crippen LogP contribution < -0.4 is 5.32 Å². The van der Waals surface area contributed by atoms with Gasteiger partial charge in [-0.25, -0.2) is 0 Å². The van der Waals surface area contributed by atoms with Gasteiger partial charge in [0.15, 0.2) is 0 Å². The molecule has 3 heterocycles. The van der Waals surface area contributed by atoms with Crippen molar-refractivity contribution in [1.82, 2.24) is 24.9 Å². The Morgan fingerprint density at radius 3 is 2.21 bits per heavy atom. The minimum absolute atomic E-state index is 0. The van der Waals surface area contributed by atoms with E-state index in [1.54, 1.807) is 0 Å². The zero-order valence-electron chi connectivity index (χ0n) is 24.0. The lowest BCUT2D eigenvalue weighted by atomic mass is 9.79. The summed E-state index contributed by atoms with van der Waals surface area (Å²) in [4.78, 5) is 31.8. The lowest BCUT2D eigenvalue weighted by molar-refractivity contribution is -0.162. The lowest BCUT2D eigenvalue weighted by Crippen LogP contribution is -2.73. The summed E-state index contributed by atoms with van der Waals surface area (Å²) in [5.74, 6) is 0.836. The van der Waals surface area contributed by atoms with Crippen LogP contribution in [-0.4, -0.2) is 62.6 Å². The molecule has 214 valence electrons. The number of nitrogens with one attached hydrogen (secondary N) is 1. The molecule has 1 spiro atoms. The van der Waals surface area contributed by atoms with Crippen LogP contribution in [0, 0.1) is 19.8 Å². The van der Waals surface area contributed by atoms with Crippen molar-refractivity contribution in [2.24, 2.45) is 5.92 Å². The number of halogens is 1. The molecular weight excluding hydrogens is 498 g/mol. The van der Waals surface area contributed by atoms with E-state index in [1.165, 1.54) is 75.5 Å². The second-order valence-electron chi connectivity index (χ2n) is 12.4. The highest BCUT2D eigenvalue weighted by Gasteiger charge is 2.53. The number of piperidine rings is 1. The number of hydrogen-bond donors (Lipinski definition) is 1. The number of piperazine rings is 1. The number of rotatable bonds is 7. The number of likely N-dealkylation sites (tertiary alicyclic amines) is 1. The Balaban J connectivity index is 0.00000336. The van der Waals surface area contributed by atoms with Crippen molar-refractivity contribution in [3.8, 4) is 0 Å². The topological polar surface area (TPSA) is 70.5 Å². The fourth-order valence-corrected chi connectivity index (χ4v) is 7.75. The van der Waals surface area contributed by atoms with E-state index >= 15 is 0 Å². The number of carbonyl (C=O) groups is 2. The highest BCUT2D eigenvalue weighted by atomic mass is 35.5. The van der Waals surface area contributed by atoms with Crippen molar-refractivity contribution in [1.29, 1.82) is 0 Å². The molecule has 1 aromatic heterocycles. The van der Waals surface area contributed by atoms with Crippen LogP contribution in [0.2, 0.25) is 0 Å². The first kappa shape index (κ1) is 29.4. The van der Waals surface area contributed by atoms with Crippen LogP contribution in [-0.2, 0) is 16.1 Å². The van der Waals surface area contributed by atoms with Crippen LogP contribution >= 0.6 is 12.4 Å². The van der Waals surface area contributed by atoms with Crippen molar-refractivity contribution in [3.05, 3.63) is 17.0 Å². The van der Waals surface area contributed by atoms with Gasteiger partial charge < -0.3 is 10.2 Å². The van der Waals surface area contributed by atoms with E-state index in [9.17, 15) is 9.59 Å². The minimum Gasteiger partial charge on any atom is -0.342 e. The second-order valence-corrected chi connectivity index (χ2v) is 12.4. The van der Waals surface area contributed by atoms with Crippen molar-refractivity contribution in [3.63, 3.8) is 0 Å². The van der Waals surface area contributed by atoms with Crippen LogP contribution in [0.1, 0.15) is 120 Å². The van der Waals surface area contributed by atoms with E-state index in [1.807, 2.05) is 4.90 Å². The van der Waals surface area contributed by atoms with Gasteiger partial charge in [0, 0.05) is 37.4 Å². The highest BCUT2D eigenvalue weighted by Crippen LogP contribution is 2.37. The SMILES string of the molecule is CCCN1C(=O)[C@H](CC2CCCCC2)NC(=O)C12CCN(Cc1c(C)nn(C3CCCCC3)c1C)CC2.Cl. The molecule has 0 radical (unpaired) electrons. The molecule has 2 amide bonds. The number of amides is 2. The summed E-state index contributed by atoms with van der Waals surface area (Å²) in [6, 6.07) is 0.216. The Hall–Kier alpha value is -1.60. The van der Waals surface area contributed by atoms with Crippen molar-refractivity contribution in [2.45, 2.75) is 135 Å². The summed E-state index contributed by atoms with van der Waals surface area (Å²) in [6.45, 7) is 9.74. The molecule has 0 aromatic carbocycles. The summed E-state index contributed by atoms with van der Waals surface area (Å²) >= 11 is 0. The third kappa shape index (κ3) is 5.79. The summed E-state index contributed by atoms with van der Waals surface area (Å²) < 4.78 is 2.30. The minimum atomic E-state index is -0.678. The average Bonchev–Trinajstić information content (AvgIpc) is 3.20. The first-order chi connectivity index (χ1) is 17.9. The molecule has 0 unspecified atom stereocenters. The molecule has 0 bridgehead atoms. The second kappa shape index (κ2) is 12.7. The molecule has 1 N–H and O–H groups in total. The number of hydrogen-bond acceptors (Lipinski definition) is 4. The van der Waals surface area contributed by atoms with Gasteiger partial charge >= 0.3 is 0 Å². The first-order valence-electron chi connectivity index (χ1n) is 15.3. The van der Waals surface area contributed by atoms with Crippen molar-refractivity contribution in [2.75, 3.05) is 19.6 Å².